The molecule has 2 heterocycles. The summed E-state index contributed by atoms with van der Waals surface area (Å²) in [5, 5.41) is 11.3. The summed E-state index contributed by atoms with van der Waals surface area (Å²) in [5.41, 5.74) is 0.143. The number of aromatic nitrogens is 5. The van der Waals surface area contributed by atoms with Crippen LogP contribution >= 0.6 is 0 Å². The van der Waals surface area contributed by atoms with Gasteiger partial charge in [-0.15, -0.1) is 5.10 Å². The number of hydrogen-bond donors (Lipinski definition) is 0. The van der Waals surface area contributed by atoms with Crippen LogP contribution in [0.5, 0.6) is 0 Å². The fraction of sp³-hybridized carbons (Fsp3) is 0.545. The van der Waals surface area contributed by atoms with E-state index in [1.807, 2.05) is 0 Å². The Kier molecular flexibility index (Phi) is 3.88. The predicted octanol–water partition coefficient (Wildman–Crippen LogP) is 0.694. The zero-order chi connectivity index (χ0) is 13.8. The van der Waals surface area contributed by atoms with E-state index < -0.39 is 5.97 Å². The average molecular weight is 265 g/mol. The van der Waals surface area contributed by atoms with Crippen molar-refractivity contribution >= 4 is 5.97 Å². The van der Waals surface area contributed by atoms with Gasteiger partial charge in [0.15, 0.2) is 11.5 Å². The second-order valence-electron chi connectivity index (χ2n) is 4.50. The summed E-state index contributed by atoms with van der Waals surface area (Å²) >= 11 is 0. The van der Waals surface area contributed by atoms with E-state index in [9.17, 15) is 4.79 Å². The minimum Gasteiger partial charge on any atom is -0.464 e. The third kappa shape index (κ3) is 3.36. The number of ether oxygens (including phenoxy) is 1. The topological polar surface area (TPSA) is 95.9 Å². The van der Waals surface area contributed by atoms with Crippen molar-refractivity contribution in [3.63, 3.8) is 0 Å². The standard InChI is InChI=1S/C11H15N5O3/c1-7(2)4-9-12-10(19-14-9)6-16-5-8(13-15-16)11(17)18-3/h5,7H,4,6H2,1-3H3. The van der Waals surface area contributed by atoms with Crippen LogP contribution in [0.2, 0.25) is 0 Å². The number of carbonyl (C=O) groups is 1. The van der Waals surface area contributed by atoms with Crippen LogP contribution in [0.15, 0.2) is 10.7 Å². The Morgan fingerprint density at radius 2 is 2.32 bits per heavy atom. The van der Waals surface area contributed by atoms with E-state index in [2.05, 4.69) is 39.0 Å². The molecule has 0 radical (unpaired) electrons. The van der Waals surface area contributed by atoms with Gasteiger partial charge in [-0.3, -0.25) is 0 Å². The number of methoxy groups -OCH3 is 1. The van der Waals surface area contributed by atoms with E-state index in [0.29, 0.717) is 17.6 Å². The summed E-state index contributed by atoms with van der Waals surface area (Å²) in [4.78, 5) is 15.5. The summed E-state index contributed by atoms with van der Waals surface area (Å²) in [7, 11) is 1.29. The molecule has 8 heteroatoms. The molecule has 0 aliphatic heterocycles. The lowest BCUT2D eigenvalue weighted by Gasteiger charge is -1.96. The second kappa shape index (κ2) is 5.59. The Bertz CT molecular complexity index is 560. The van der Waals surface area contributed by atoms with Crippen LogP contribution in [0.3, 0.4) is 0 Å². The molecular formula is C11H15N5O3. The monoisotopic (exact) mass is 265 g/mol. The summed E-state index contributed by atoms with van der Waals surface area (Å²) in [6.45, 7) is 4.43. The van der Waals surface area contributed by atoms with Crippen LogP contribution in [-0.2, 0) is 17.7 Å². The largest absolute Gasteiger partial charge is 0.464 e. The fourth-order valence-electron chi connectivity index (χ4n) is 1.51. The van der Waals surface area contributed by atoms with Gasteiger partial charge in [0.2, 0.25) is 5.89 Å². The highest BCUT2D eigenvalue weighted by atomic mass is 16.5. The number of carbonyl (C=O) groups excluding carboxylic acids is 1. The maximum Gasteiger partial charge on any atom is 0.360 e. The summed E-state index contributed by atoms with van der Waals surface area (Å²) in [6.07, 6.45) is 2.23. The van der Waals surface area contributed by atoms with E-state index >= 15 is 0 Å². The van der Waals surface area contributed by atoms with Crippen LogP contribution in [0.4, 0.5) is 0 Å². The molecule has 0 aromatic carbocycles. The molecule has 0 amide bonds. The van der Waals surface area contributed by atoms with Crippen LogP contribution in [0, 0.1) is 5.92 Å². The van der Waals surface area contributed by atoms with Crippen molar-refractivity contribution in [3.05, 3.63) is 23.6 Å². The molecule has 0 fully saturated rings. The molecule has 2 aromatic rings. The zero-order valence-electron chi connectivity index (χ0n) is 11.0. The first kappa shape index (κ1) is 13.2. The summed E-state index contributed by atoms with van der Waals surface area (Å²) in [5.74, 6) is 1.02. The lowest BCUT2D eigenvalue weighted by Crippen LogP contribution is -2.02. The average Bonchev–Trinajstić information content (AvgIpc) is 2.98. The number of hydrogen-bond acceptors (Lipinski definition) is 7. The Morgan fingerprint density at radius 3 is 3.00 bits per heavy atom. The van der Waals surface area contributed by atoms with Crippen LogP contribution in [0.1, 0.15) is 36.1 Å². The molecule has 0 spiro atoms. The van der Waals surface area contributed by atoms with Crippen LogP contribution < -0.4 is 0 Å². The Balaban J connectivity index is 2.02. The lowest BCUT2D eigenvalue weighted by molar-refractivity contribution is 0.0594. The quantitative estimate of drug-likeness (QED) is 0.734. The van der Waals surface area contributed by atoms with E-state index in [4.69, 9.17) is 4.52 Å². The molecular weight excluding hydrogens is 250 g/mol. The first-order valence-electron chi connectivity index (χ1n) is 5.88. The van der Waals surface area contributed by atoms with Crippen molar-refractivity contribution in [1.82, 2.24) is 25.1 Å². The van der Waals surface area contributed by atoms with E-state index in [0.717, 1.165) is 6.42 Å². The normalized spacial score (nSPS) is 10.9. The first-order chi connectivity index (χ1) is 9.08. The molecule has 19 heavy (non-hydrogen) atoms. The first-order valence-corrected chi connectivity index (χ1v) is 5.88. The summed E-state index contributed by atoms with van der Waals surface area (Å²) < 4.78 is 11.1. The molecule has 0 bridgehead atoms. The Hall–Kier alpha value is -2.25. The van der Waals surface area contributed by atoms with Crippen molar-refractivity contribution in [2.45, 2.75) is 26.8 Å². The predicted molar refractivity (Wildman–Crippen MR) is 63.3 cm³/mol. The van der Waals surface area contributed by atoms with Gasteiger partial charge in [-0.2, -0.15) is 4.98 Å². The Labute approximate surface area is 109 Å². The second-order valence-corrected chi connectivity index (χ2v) is 4.50. The van der Waals surface area contributed by atoms with Gasteiger partial charge in [-0.1, -0.05) is 24.2 Å². The third-order valence-corrected chi connectivity index (χ3v) is 2.33. The molecule has 0 aliphatic rings. The minimum atomic E-state index is -0.530. The summed E-state index contributed by atoms with van der Waals surface area (Å²) in [6, 6.07) is 0. The number of nitrogens with zero attached hydrogens (tertiary/aromatic N) is 5. The van der Waals surface area contributed by atoms with E-state index in [-0.39, 0.29) is 12.2 Å². The number of rotatable bonds is 5. The van der Waals surface area contributed by atoms with Gasteiger partial charge < -0.3 is 9.26 Å². The maximum absolute atomic E-state index is 11.2. The van der Waals surface area contributed by atoms with Gasteiger partial charge in [0, 0.05) is 6.42 Å². The molecule has 8 nitrogen and oxygen atoms in total. The van der Waals surface area contributed by atoms with Gasteiger partial charge in [0.25, 0.3) is 0 Å². The molecule has 2 aromatic heterocycles. The van der Waals surface area contributed by atoms with Crippen molar-refractivity contribution in [2.24, 2.45) is 5.92 Å². The molecule has 102 valence electrons. The van der Waals surface area contributed by atoms with Crippen LogP contribution in [-0.4, -0.2) is 38.2 Å². The Morgan fingerprint density at radius 1 is 1.53 bits per heavy atom. The van der Waals surface area contributed by atoms with Gasteiger partial charge in [-0.25, -0.2) is 9.48 Å². The minimum absolute atomic E-state index is 0.143. The van der Waals surface area contributed by atoms with Gasteiger partial charge >= 0.3 is 5.97 Å². The number of esters is 1. The van der Waals surface area contributed by atoms with Crippen molar-refractivity contribution in [3.8, 4) is 0 Å². The highest BCUT2D eigenvalue weighted by Crippen LogP contribution is 2.06. The van der Waals surface area contributed by atoms with Gasteiger partial charge in [-0.05, 0) is 5.92 Å². The molecule has 2 rings (SSSR count). The highest BCUT2D eigenvalue weighted by molar-refractivity contribution is 5.86. The smallest absolute Gasteiger partial charge is 0.360 e. The SMILES string of the molecule is COC(=O)c1cn(Cc2nc(CC(C)C)no2)nn1. The molecule has 0 saturated carbocycles. The zero-order valence-corrected chi connectivity index (χ0v) is 11.0. The molecule has 0 N–H and O–H groups in total. The molecule has 0 aliphatic carbocycles. The third-order valence-electron chi connectivity index (χ3n) is 2.33. The molecule has 0 unspecified atom stereocenters. The van der Waals surface area contributed by atoms with Gasteiger partial charge in [0.05, 0.1) is 13.3 Å². The molecule has 0 saturated heterocycles. The van der Waals surface area contributed by atoms with Crippen molar-refractivity contribution in [2.75, 3.05) is 7.11 Å². The lowest BCUT2D eigenvalue weighted by atomic mass is 10.1. The van der Waals surface area contributed by atoms with E-state index in [1.54, 1.807) is 0 Å². The van der Waals surface area contributed by atoms with Crippen LogP contribution in [0.25, 0.3) is 0 Å². The molecule has 0 atom stereocenters. The maximum atomic E-state index is 11.2. The van der Waals surface area contributed by atoms with Crippen molar-refractivity contribution < 1.29 is 14.1 Å². The fourth-order valence-corrected chi connectivity index (χ4v) is 1.51. The van der Waals surface area contributed by atoms with E-state index in [1.165, 1.54) is 18.0 Å². The van der Waals surface area contributed by atoms with Gasteiger partial charge in [0.1, 0.15) is 6.54 Å². The van der Waals surface area contributed by atoms with Crippen molar-refractivity contribution in [1.29, 1.82) is 0 Å². The highest BCUT2D eigenvalue weighted by Gasteiger charge is 2.13.